The van der Waals surface area contributed by atoms with Gasteiger partial charge in [-0.3, -0.25) is 0 Å². The van der Waals surface area contributed by atoms with Crippen molar-refractivity contribution < 1.29 is 4.42 Å². The Morgan fingerprint density at radius 2 is 1.21 bits per heavy atom. The third kappa shape index (κ3) is 2.18. The third-order valence-corrected chi connectivity index (χ3v) is 6.21. The zero-order valence-corrected chi connectivity index (χ0v) is 16.5. The van der Waals surface area contributed by atoms with Crippen molar-refractivity contribution in [3.8, 4) is 11.1 Å². The maximum atomic E-state index is 6.57. The van der Waals surface area contributed by atoms with Crippen LogP contribution in [0.4, 0.5) is 0 Å². The van der Waals surface area contributed by atoms with Gasteiger partial charge in [-0.2, -0.15) is 0 Å². The fourth-order valence-electron chi connectivity index (χ4n) is 4.23. The molecule has 0 amide bonds. The topological polar surface area (TPSA) is 13.1 Å². The van der Waals surface area contributed by atoms with Gasteiger partial charge in [-0.05, 0) is 40.1 Å². The number of hydrogen-bond donors (Lipinski definition) is 0. The predicted octanol–water partition coefficient (Wildman–Crippen LogP) is 8.32. The third-order valence-electron chi connectivity index (χ3n) is 5.52. The summed E-state index contributed by atoms with van der Waals surface area (Å²) in [6, 6.07) is 31.9. The van der Waals surface area contributed by atoms with Gasteiger partial charge in [-0.1, -0.05) is 88.7 Å². The molecule has 6 rings (SSSR count). The monoisotopic (exact) mass is 422 g/mol. The quantitative estimate of drug-likeness (QED) is 0.259. The van der Waals surface area contributed by atoms with E-state index in [-0.39, 0.29) is 0 Å². The summed E-state index contributed by atoms with van der Waals surface area (Å²) in [6.07, 6.45) is 0. The smallest absolute Gasteiger partial charge is 0.143 e. The highest BCUT2D eigenvalue weighted by Crippen LogP contribution is 2.44. The van der Waals surface area contributed by atoms with E-state index in [1.165, 1.54) is 27.3 Å². The van der Waals surface area contributed by atoms with E-state index in [0.29, 0.717) is 0 Å². The van der Waals surface area contributed by atoms with Crippen molar-refractivity contribution >= 4 is 59.4 Å². The van der Waals surface area contributed by atoms with Gasteiger partial charge < -0.3 is 4.42 Å². The van der Waals surface area contributed by atoms with Crippen LogP contribution in [0.1, 0.15) is 0 Å². The molecule has 5 aromatic carbocycles. The zero-order chi connectivity index (χ0) is 18.7. The molecule has 0 spiro atoms. The van der Waals surface area contributed by atoms with Crippen LogP contribution in [-0.4, -0.2) is 0 Å². The minimum absolute atomic E-state index is 0.954. The molecule has 6 aromatic rings. The number of fused-ring (bicyclic) bond motifs is 7. The number of hydrogen-bond acceptors (Lipinski definition) is 1. The minimum atomic E-state index is 0.954. The molecule has 132 valence electrons. The lowest BCUT2D eigenvalue weighted by Crippen LogP contribution is -1.84. The van der Waals surface area contributed by atoms with E-state index in [4.69, 9.17) is 4.42 Å². The Hall–Kier alpha value is -3.10. The van der Waals surface area contributed by atoms with E-state index < -0.39 is 0 Å². The van der Waals surface area contributed by atoms with Crippen molar-refractivity contribution in [2.75, 3.05) is 0 Å². The molecule has 28 heavy (non-hydrogen) atoms. The maximum Gasteiger partial charge on any atom is 0.143 e. The second-order valence-corrected chi connectivity index (χ2v) is 7.95. The highest BCUT2D eigenvalue weighted by Gasteiger charge is 2.18. The first-order chi connectivity index (χ1) is 13.8. The Morgan fingerprint density at radius 3 is 2.04 bits per heavy atom. The number of benzene rings is 5. The Kier molecular flexibility index (Phi) is 3.38. The normalized spacial score (nSPS) is 11.8. The lowest BCUT2D eigenvalue weighted by Gasteiger charge is -2.09. The first kappa shape index (κ1) is 15.9. The average Bonchev–Trinajstić information content (AvgIpc) is 3.14. The van der Waals surface area contributed by atoms with Crippen molar-refractivity contribution in [1.82, 2.24) is 0 Å². The van der Waals surface area contributed by atoms with Crippen molar-refractivity contribution in [2.45, 2.75) is 0 Å². The largest absolute Gasteiger partial charge is 0.455 e. The molecule has 0 bridgehead atoms. The molecule has 0 unspecified atom stereocenters. The first-order valence-electron chi connectivity index (χ1n) is 9.32. The summed E-state index contributed by atoms with van der Waals surface area (Å²) in [5.74, 6) is 0. The molecular formula is C26H15BrO. The molecule has 2 heteroatoms. The molecule has 0 aliphatic rings. The second-order valence-electron chi connectivity index (χ2n) is 7.09. The second kappa shape index (κ2) is 5.95. The van der Waals surface area contributed by atoms with E-state index >= 15 is 0 Å². The van der Waals surface area contributed by atoms with Gasteiger partial charge in [0.05, 0.1) is 0 Å². The van der Waals surface area contributed by atoms with Crippen LogP contribution in [0.5, 0.6) is 0 Å². The van der Waals surface area contributed by atoms with Crippen molar-refractivity contribution in [1.29, 1.82) is 0 Å². The van der Waals surface area contributed by atoms with E-state index in [9.17, 15) is 0 Å². The van der Waals surface area contributed by atoms with E-state index in [2.05, 4.69) is 101 Å². The van der Waals surface area contributed by atoms with Crippen LogP contribution in [0, 0.1) is 0 Å². The summed E-state index contributed by atoms with van der Waals surface area (Å²) in [4.78, 5) is 0. The average molecular weight is 423 g/mol. The SMILES string of the molecule is Brc1ccccc1-c1cc2ccccc2c2oc3c4ccccc4ccc3c12. The fourth-order valence-corrected chi connectivity index (χ4v) is 4.73. The summed E-state index contributed by atoms with van der Waals surface area (Å²) in [5.41, 5.74) is 4.28. The molecule has 0 atom stereocenters. The lowest BCUT2D eigenvalue weighted by molar-refractivity contribution is 0.676. The van der Waals surface area contributed by atoms with Gasteiger partial charge in [0.2, 0.25) is 0 Å². The molecule has 0 aliphatic carbocycles. The van der Waals surface area contributed by atoms with Crippen molar-refractivity contribution in [2.24, 2.45) is 0 Å². The highest BCUT2D eigenvalue weighted by atomic mass is 79.9. The number of rotatable bonds is 1. The minimum Gasteiger partial charge on any atom is -0.455 e. The molecule has 0 saturated carbocycles. The lowest BCUT2D eigenvalue weighted by atomic mass is 9.95. The molecule has 0 radical (unpaired) electrons. The van der Waals surface area contributed by atoms with Gasteiger partial charge in [-0.25, -0.2) is 0 Å². The van der Waals surface area contributed by atoms with Gasteiger partial charge in [0.1, 0.15) is 11.2 Å². The summed E-state index contributed by atoms with van der Waals surface area (Å²) in [6.45, 7) is 0. The van der Waals surface area contributed by atoms with Gasteiger partial charge in [-0.15, -0.1) is 0 Å². The maximum absolute atomic E-state index is 6.57. The van der Waals surface area contributed by atoms with Crippen LogP contribution >= 0.6 is 15.9 Å². The summed E-state index contributed by atoms with van der Waals surface area (Å²) in [7, 11) is 0. The molecule has 1 heterocycles. The molecule has 1 nitrogen and oxygen atoms in total. The molecular weight excluding hydrogens is 408 g/mol. The van der Waals surface area contributed by atoms with Crippen LogP contribution in [0.3, 0.4) is 0 Å². The van der Waals surface area contributed by atoms with Crippen LogP contribution in [-0.2, 0) is 0 Å². The molecule has 0 aliphatic heterocycles. The van der Waals surface area contributed by atoms with Crippen LogP contribution in [0.15, 0.2) is 99.9 Å². The molecule has 0 fully saturated rings. The highest BCUT2D eigenvalue weighted by molar-refractivity contribution is 9.10. The Morgan fingerprint density at radius 1 is 0.536 bits per heavy atom. The van der Waals surface area contributed by atoms with Gasteiger partial charge in [0.25, 0.3) is 0 Å². The summed E-state index contributed by atoms with van der Waals surface area (Å²) >= 11 is 3.74. The van der Waals surface area contributed by atoms with E-state index in [1.807, 2.05) is 6.07 Å². The van der Waals surface area contributed by atoms with Gasteiger partial charge in [0, 0.05) is 26.0 Å². The van der Waals surface area contributed by atoms with E-state index in [0.717, 1.165) is 31.8 Å². The molecule has 0 saturated heterocycles. The molecule has 0 N–H and O–H groups in total. The van der Waals surface area contributed by atoms with E-state index in [1.54, 1.807) is 0 Å². The summed E-state index contributed by atoms with van der Waals surface area (Å²) in [5, 5.41) is 7.01. The van der Waals surface area contributed by atoms with Crippen LogP contribution < -0.4 is 0 Å². The Balaban J connectivity index is 1.90. The summed E-state index contributed by atoms with van der Waals surface area (Å²) < 4.78 is 7.65. The Labute approximate surface area is 170 Å². The predicted molar refractivity (Wildman–Crippen MR) is 122 cm³/mol. The van der Waals surface area contributed by atoms with Crippen molar-refractivity contribution in [3.05, 3.63) is 95.5 Å². The van der Waals surface area contributed by atoms with Crippen LogP contribution in [0.2, 0.25) is 0 Å². The van der Waals surface area contributed by atoms with Gasteiger partial charge in [0.15, 0.2) is 0 Å². The Bertz CT molecular complexity index is 1520. The number of furan rings is 1. The standard InChI is InChI=1S/C26H15BrO/c27-23-12-6-5-11-20(23)22-15-17-8-2-4-10-19(17)26-24(22)21-14-13-16-7-1-3-9-18(16)25(21)28-26/h1-15H. The molecule has 1 aromatic heterocycles. The van der Waals surface area contributed by atoms with Gasteiger partial charge >= 0.3 is 0 Å². The first-order valence-corrected chi connectivity index (χ1v) is 10.1. The van der Waals surface area contributed by atoms with Crippen LogP contribution in [0.25, 0.3) is 54.6 Å². The fraction of sp³-hybridized carbons (Fsp3) is 0. The number of halogens is 1. The van der Waals surface area contributed by atoms with Crippen molar-refractivity contribution in [3.63, 3.8) is 0 Å². The zero-order valence-electron chi connectivity index (χ0n) is 14.9.